The average molecular weight is 342 g/mol. The number of nitrogens with one attached hydrogen (secondary N) is 1. The van der Waals surface area contributed by atoms with Crippen LogP contribution in [0.3, 0.4) is 0 Å². The molecule has 5 heteroatoms. The molecule has 25 heavy (non-hydrogen) atoms. The maximum Gasteiger partial charge on any atom is 0.174 e. The summed E-state index contributed by atoms with van der Waals surface area (Å²) in [5.74, 6) is 0.357. The van der Waals surface area contributed by atoms with Gasteiger partial charge in [-0.2, -0.15) is 5.26 Å². The van der Waals surface area contributed by atoms with Crippen molar-refractivity contribution in [2.45, 2.75) is 38.5 Å². The van der Waals surface area contributed by atoms with E-state index in [1.807, 2.05) is 44.2 Å². The van der Waals surface area contributed by atoms with Gasteiger partial charge < -0.3 is 15.2 Å². The molecule has 0 radical (unpaired) electrons. The monoisotopic (exact) mass is 342 g/mol. The predicted molar refractivity (Wildman–Crippen MR) is 94.5 cm³/mol. The lowest BCUT2D eigenvalue weighted by Crippen LogP contribution is -2.30. The molecule has 2 aromatic carbocycles. The van der Waals surface area contributed by atoms with Crippen molar-refractivity contribution in [3.8, 4) is 11.8 Å². The Balaban J connectivity index is 1.87. The van der Waals surface area contributed by atoms with Gasteiger partial charge in [-0.25, -0.2) is 4.39 Å². The van der Waals surface area contributed by atoms with E-state index in [0.717, 1.165) is 5.56 Å². The second-order valence-electron chi connectivity index (χ2n) is 6.11. The van der Waals surface area contributed by atoms with Crippen LogP contribution in [0.15, 0.2) is 48.5 Å². The highest BCUT2D eigenvalue weighted by Gasteiger charge is 2.15. The Kier molecular flexibility index (Phi) is 6.93. The van der Waals surface area contributed by atoms with Crippen LogP contribution >= 0.6 is 0 Å². The Bertz CT molecular complexity index is 695. The summed E-state index contributed by atoms with van der Waals surface area (Å²) in [7, 11) is 0. The molecular weight excluding hydrogens is 319 g/mol. The van der Waals surface area contributed by atoms with Crippen LogP contribution in [0.2, 0.25) is 0 Å². The van der Waals surface area contributed by atoms with Crippen molar-refractivity contribution in [1.82, 2.24) is 5.32 Å². The van der Waals surface area contributed by atoms with Gasteiger partial charge in [-0.1, -0.05) is 24.3 Å². The van der Waals surface area contributed by atoms with Crippen molar-refractivity contribution >= 4 is 0 Å². The first-order chi connectivity index (χ1) is 12.0. The molecule has 0 saturated carbocycles. The number of aliphatic hydroxyl groups is 1. The highest BCUT2D eigenvalue weighted by molar-refractivity contribution is 5.29. The number of halogens is 1. The number of nitrogens with zero attached hydrogens (tertiary/aromatic N) is 1. The third-order valence-corrected chi connectivity index (χ3v) is 4.05. The van der Waals surface area contributed by atoms with Crippen molar-refractivity contribution in [2.75, 3.05) is 6.61 Å². The highest BCUT2D eigenvalue weighted by Crippen LogP contribution is 2.22. The van der Waals surface area contributed by atoms with Crippen LogP contribution in [-0.4, -0.2) is 17.8 Å². The average Bonchev–Trinajstić information content (AvgIpc) is 2.60. The molecule has 132 valence electrons. The Labute approximate surface area is 147 Å². The summed E-state index contributed by atoms with van der Waals surface area (Å²) < 4.78 is 18.2. The zero-order valence-electron chi connectivity index (χ0n) is 14.4. The van der Waals surface area contributed by atoms with Crippen LogP contribution < -0.4 is 10.1 Å². The normalized spacial score (nSPS) is 14.4. The summed E-state index contributed by atoms with van der Waals surface area (Å²) >= 11 is 0. The van der Waals surface area contributed by atoms with E-state index in [4.69, 9.17) is 10.00 Å². The van der Waals surface area contributed by atoms with Gasteiger partial charge in [0.15, 0.2) is 6.61 Å². The van der Waals surface area contributed by atoms with Crippen molar-refractivity contribution in [1.29, 1.82) is 5.26 Å². The summed E-state index contributed by atoms with van der Waals surface area (Å²) in [6.45, 7) is 4.09. The molecule has 0 saturated heterocycles. The van der Waals surface area contributed by atoms with Crippen molar-refractivity contribution in [3.05, 3.63) is 65.5 Å². The van der Waals surface area contributed by atoms with Gasteiger partial charge in [-0.15, -0.1) is 0 Å². The number of hydrogen-bond acceptors (Lipinski definition) is 4. The van der Waals surface area contributed by atoms with Gasteiger partial charge in [0.05, 0.1) is 6.10 Å². The zero-order valence-corrected chi connectivity index (χ0v) is 14.4. The molecule has 3 unspecified atom stereocenters. The second kappa shape index (κ2) is 9.16. The quantitative estimate of drug-likeness (QED) is 0.764. The fourth-order valence-corrected chi connectivity index (χ4v) is 2.72. The highest BCUT2D eigenvalue weighted by atomic mass is 19.1. The molecule has 0 heterocycles. The molecule has 0 amide bonds. The molecule has 0 aromatic heterocycles. The lowest BCUT2D eigenvalue weighted by Gasteiger charge is -2.23. The summed E-state index contributed by atoms with van der Waals surface area (Å²) in [4.78, 5) is 0. The van der Waals surface area contributed by atoms with E-state index in [-0.39, 0.29) is 24.5 Å². The third kappa shape index (κ3) is 5.86. The van der Waals surface area contributed by atoms with Gasteiger partial charge >= 0.3 is 0 Å². The van der Waals surface area contributed by atoms with Gasteiger partial charge in [0.1, 0.15) is 17.6 Å². The number of ether oxygens (including phenoxy) is 1. The van der Waals surface area contributed by atoms with E-state index in [2.05, 4.69) is 5.32 Å². The zero-order chi connectivity index (χ0) is 18.2. The minimum absolute atomic E-state index is 0.0332. The van der Waals surface area contributed by atoms with Crippen molar-refractivity contribution in [3.63, 3.8) is 0 Å². The molecule has 3 atom stereocenters. The van der Waals surface area contributed by atoms with E-state index in [0.29, 0.717) is 17.7 Å². The second-order valence-corrected chi connectivity index (χ2v) is 6.11. The summed E-state index contributed by atoms with van der Waals surface area (Å²) in [5.41, 5.74) is 1.80. The Morgan fingerprint density at radius 3 is 2.28 bits per heavy atom. The maximum atomic E-state index is 13.0. The minimum atomic E-state index is -0.642. The smallest absolute Gasteiger partial charge is 0.174 e. The standard InChI is InChI=1S/C20H23FN2O2/c1-14(13-20(24)17-3-7-18(21)8-4-17)23-15(2)16-5-9-19(10-6-16)25-12-11-22/h3-10,14-15,20,23-24H,12-13H2,1-2H3. The minimum Gasteiger partial charge on any atom is -0.479 e. The third-order valence-electron chi connectivity index (χ3n) is 4.05. The lowest BCUT2D eigenvalue weighted by molar-refractivity contribution is 0.152. The van der Waals surface area contributed by atoms with Gasteiger partial charge in [-0.3, -0.25) is 0 Å². The molecule has 0 aliphatic carbocycles. The molecule has 2 N–H and O–H groups in total. The van der Waals surface area contributed by atoms with Crippen molar-refractivity contribution < 1.29 is 14.2 Å². The molecule has 0 spiro atoms. The predicted octanol–water partition coefficient (Wildman–Crippen LogP) is 3.89. The number of aliphatic hydroxyl groups excluding tert-OH is 1. The Morgan fingerprint density at radius 2 is 1.68 bits per heavy atom. The summed E-state index contributed by atoms with van der Waals surface area (Å²) in [6.07, 6.45) is -0.114. The topological polar surface area (TPSA) is 65.3 Å². The first-order valence-corrected chi connectivity index (χ1v) is 8.29. The fraction of sp³-hybridized carbons (Fsp3) is 0.350. The number of nitriles is 1. The molecule has 2 rings (SSSR count). The molecule has 4 nitrogen and oxygen atoms in total. The number of benzene rings is 2. The first kappa shape index (κ1) is 18.9. The fourth-order valence-electron chi connectivity index (χ4n) is 2.72. The largest absolute Gasteiger partial charge is 0.479 e. The van der Waals surface area contributed by atoms with Crippen LogP contribution in [0.25, 0.3) is 0 Å². The number of rotatable bonds is 8. The van der Waals surface area contributed by atoms with Crippen LogP contribution in [0.1, 0.15) is 43.5 Å². The van der Waals surface area contributed by atoms with E-state index in [9.17, 15) is 9.50 Å². The van der Waals surface area contributed by atoms with Gasteiger partial charge in [0.2, 0.25) is 0 Å². The Hall–Kier alpha value is -2.42. The van der Waals surface area contributed by atoms with E-state index in [1.165, 1.54) is 12.1 Å². The molecule has 0 aliphatic rings. The van der Waals surface area contributed by atoms with Gasteiger partial charge in [0.25, 0.3) is 0 Å². The van der Waals surface area contributed by atoms with E-state index in [1.54, 1.807) is 12.1 Å². The number of hydrogen-bond donors (Lipinski definition) is 2. The van der Waals surface area contributed by atoms with Crippen LogP contribution in [0.4, 0.5) is 4.39 Å². The summed E-state index contributed by atoms with van der Waals surface area (Å²) in [6, 6.07) is 15.6. The first-order valence-electron chi connectivity index (χ1n) is 8.29. The van der Waals surface area contributed by atoms with E-state index >= 15 is 0 Å². The lowest BCUT2D eigenvalue weighted by atomic mass is 10.0. The van der Waals surface area contributed by atoms with Crippen LogP contribution in [0.5, 0.6) is 5.75 Å². The van der Waals surface area contributed by atoms with Crippen LogP contribution in [-0.2, 0) is 0 Å². The molecule has 0 aliphatic heterocycles. The van der Waals surface area contributed by atoms with Gasteiger partial charge in [0, 0.05) is 12.1 Å². The molecule has 2 aromatic rings. The van der Waals surface area contributed by atoms with E-state index < -0.39 is 6.10 Å². The molecule has 0 fully saturated rings. The Morgan fingerprint density at radius 1 is 1.08 bits per heavy atom. The summed E-state index contributed by atoms with van der Waals surface area (Å²) in [5, 5.41) is 22.2. The molecule has 0 bridgehead atoms. The molecular formula is C20H23FN2O2. The van der Waals surface area contributed by atoms with Gasteiger partial charge in [-0.05, 0) is 55.7 Å². The van der Waals surface area contributed by atoms with Crippen molar-refractivity contribution in [2.24, 2.45) is 0 Å². The SMILES string of the molecule is CC(CC(O)c1ccc(F)cc1)NC(C)c1ccc(OCC#N)cc1. The van der Waals surface area contributed by atoms with Crippen LogP contribution in [0, 0.1) is 17.1 Å². The maximum absolute atomic E-state index is 13.0.